The van der Waals surface area contributed by atoms with Crippen molar-refractivity contribution in [1.82, 2.24) is 0 Å². The second kappa shape index (κ2) is 8.43. The van der Waals surface area contributed by atoms with Crippen LogP contribution < -0.4 is 15.4 Å². The summed E-state index contributed by atoms with van der Waals surface area (Å²) in [5.41, 5.74) is 6.42. The highest BCUT2D eigenvalue weighted by molar-refractivity contribution is 7.93. The second-order valence-corrected chi connectivity index (χ2v) is 9.16. The van der Waals surface area contributed by atoms with Crippen LogP contribution in [0.2, 0.25) is 0 Å². The minimum Gasteiger partial charge on any atom is -0.366 e. The van der Waals surface area contributed by atoms with E-state index in [2.05, 4.69) is 5.32 Å². The molecule has 0 saturated heterocycles. The third kappa shape index (κ3) is 3.94. The van der Waals surface area contributed by atoms with Crippen molar-refractivity contribution in [3.05, 3.63) is 89.7 Å². The molecule has 1 heterocycles. The number of amides is 2. The Morgan fingerprint density at radius 1 is 1.00 bits per heavy atom. The summed E-state index contributed by atoms with van der Waals surface area (Å²) < 4.78 is 42.5. The zero-order valence-corrected chi connectivity index (χ0v) is 17.7. The monoisotopic (exact) mass is 453 g/mol. The van der Waals surface area contributed by atoms with E-state index in [1.54, 1.807) is 30.3 Å². The number of sulfonamides is 1. The topological polar surface area (TPSA) is 110 Å². The number of para-hydroxylation sites is 2. The fourth-order valence-corrected chi connectivity index (χ4v) is 5.48. The van der Waals surface area contributed by atoms with E-state index >= 15 is 0 Å². The Labute approximate surface area is 184 Å². The van der Waals surface area contributed by atoms with E-state index in [-0.39, 0.29) is 22.6 Å². The fraction of sp³-hybridized carbons (Fsp3) is 0.130. The van der Waals surface area contributed by atoms with Gasteiger partial charge in [0.2, 0.25) is 11.8 Å². The van der Waals surface area contributed by atoms with Gasteiger partial charge in [-0.25, -0.2) is 12.8 Å². The molecule has 3 N–H and O–H groups in total. The maximum Gasteiger partial charge on any atom is 0.265 e. The molecule has 2 amide bonds. The average Bonchev–Trinajstić information content (AvgIpc) is 2.79. The van der Waals surface area contributed by atoms with Crippen LogP contribution in [0, 0.1) is 5.82 Å². The smallest absolute Gasteiger partial charge is 0.265 e. The summed E-state index contributed by atoms with van der Waals surface area (Å²) in [6.07, 6.45) is 0.672. The zero-order valence-electron chi connectivity index (χ0n) is 16.9. The van der Waals surface area contributed by atoms with E-state index in [0.717, 1.165) is 9.87 Å². The first kappa shape index (κ1) is 21.5. The predicted molar refractivity (Wildman–Crippen MR) is 118 cm³/mol. The summed E-state index contributed by atoms with van der Waals surface area (Å²) in [5.74, 6) is -2.05. The molecule has 32 heavy (non-hydrogen) atoms. The number of halogens is 1. The lowest BCUT2D eigenvalue weighted by Crippen LogP contribution is -2.50. The van der Waals surface area contributed by atoms with Crippen LogP contribution in [0.3, 0.4) is 0 Å². The number of aryl methyl sites for hydroxylation is 1. The van der Waals surface area contributed by atoms with Gasteiger partial charge < -0.3 is 11.1 Å². The van der Waals surface area contributed by atoms with Crippen molar-refractivity contribution in [2.45, 2.75) is 23.8 Å². The summed E-state index contributed by atoms with van der Waals surface area (Å²) in [7, 11) is -4.26. The normalized spacial score (nSPS) is 15.7. The Bertz CT molecular complexity index is 1310. The summed E-state index contributed by atoms with van der Waals surface area (Å²) in [4.78, 5) is 24.5. The van der Waals surface area contributed by atoms with Gasteiger partial charge in [-0.2, -0.15) is 0 Å². The van der Waals surface area contributed by atoms with E-state index in [1.165, 1.54) is 42.5 Å². The van der Waals surface area contributed by atoms with Crippen molar-refractivity contribution in [3.63, 3.8) is 0 Å². The van der Waals surface area contributed by atoms with Gasteiger partial charge in [0.15, 0.2) is 0 Å². The van der Waals surface area contributed by atoms with Crippen molar-refractivity contribution in [2.75, 3.05) is 9.62 Å². The fourth-order valence-electron chi connectivity index (χ4n) is 3.75. The van der Waals surface area contributed by atoms with Gasteiger partial charge in [0.25, 0.3) is 10.0 Å². The predicted octanol–water partition coefficient (Wildman–Crippen LogP) is 3.07. The molecule has 3 aromatic carbocycles. The van der Waals surface area contributed by atoms with Crippen LogP contribution in [0.1, 0.15) is 22.3 Å². The van der Waals surface area contributed by atoms with E-state index in [0.29, 0.717) is 12.1 Å². The van der Waals surface area contributed by atoms with Crippen LogP contribution in [0.4, 0.5) is 15.8 Å². The maximum absolute atomic E-state index is 14.1. The highest BCUT2D eigenvalue weighted by Crippen LogP contribution is 2.36. The number of carbonyl (C=O) groups is 2. The number of nitrogens with one attached hydrogen (secondary N) is 1. The number of carbonyl (C=O) groups excluding carboxylic acids is 2. The summed E-state index contributed by atoms with van der Waals surface area (Å²) in [6, 6.07) is 16.8. The Morgan fingerprint density at radius 3 is 2.47 bits per heavy atom. The summed E-state index contributed by atoms with van der Waals surface area (Å²) in [5, 5.41) is 2.50. The third-order valence-electron chi connectivity index (χ3n) is 5.31. The molecule has 0 aromatic heterocycles. The lowest BCUT2D eigenvalue weighted by molar-refractivity contribution is -0.117. The molecule has 1 atom stereocenters. The summed E-state index contributed by atoms with van der Waals surface area (Å²) >= 11 is 0. The number of nitrogens with zero attached hydrogens (tertiary/aromatic N) is 1. The Balaban J connectivity index is 1.79. The van der Waals surface area contributed by atoms with Gasteiger partial charge in [-0.1, -0.05) is 36.4 Å². The molecule has 4 rings (SSSR count). The highest BCUT2D eigenvalue weighted by Gasteiger charge is 2.40. The molecule has 0 aliphatic carbocycles. The van der Waals surface area contributed by atoms with Crippen LogP contribution in [-0.4, -0.2) is 26.3 Å². The molecule has 7 nitrogen and oxygen atoms in total. The minimum absolute atomic E-state index is 0.0312. The number of primary amides is 1. The molecular formula is C23H20FN3O4S. The van der Waals surface area contributed by atoms with Crippen LogP contribution in [0.5, 0.6) is 0 Å². The van der Waals surface area contributed by atoms with E-state index < -0.39 is 33.7 Å². The van der Waals surface area contributed by atoms with Crippen molar-refractivity contribution in [1.29, 1.82) is 0 Å². The molecule has 164 valence electrons. The highest BCUT2D eigenvalue weighted by atomic mass is 32.2. The van der Waals surface area contributed by atoms with Crippen LogP contribution in [0.25, 0.3) is 0 Å². The maximum atomic E-state index is 14.1. The van der Waals surface area contributed by atoms with Gasteiger partial charge in [-0.3, -0.25) is 13.9 Å². The summed E-state index contributed by atoms with van der Waals surface area (Å²) in [6.45, 7) is 0. The molecule has 3 aromatic rings. The lowest BCUT2D eigenvalue weighted by Gasteiger charge is -2.37. The minimum atomic E-state index is -4.26. The number of benzene rings is 3. The molecule has 0 radical (unpaired) electrons. The molecule has 1 aliphatic rings. The first-order valence-corrected chi connectivity index (χ1v) is 11.3. The van der Waals surface area contributed by atoms with Gasteiger partial charge in [0, 0.05) is 5.56 Å². The Hall–Kier alpha value is -3.72. The average molecular weight is 453 g/mol. The molecule has 9 heteroatoms. The van der Waals surface area contributed by atoms with Gasteiger partial charge >= 0.3 is 0 Å². The van der Waals surface area contributed by atoms with Gasteiger partial charge in [-0.05, 0) is 54.8 Å². The SMILES string of the molecule is NC(=O)c1cccc(S(=O)(=O)N2c3ccccc3CCC2C(=O)Nc2ccccc2F)c1. The first-order valence-electron chi connectivity index (χ1n) is 9.86. The quantitative estimate of drug-likeness (QED) is 0.619. The number of fused-ring (bicyclic) bond motifs is 1. The largest absolute Gasteiger partial charge is 0.366 e. The van der Waals surface area contributed by atoms with Crippen molar-refractivity contribution >= 4 is 33.2 Å². The number of nitrogens with two attached hydrogens (primary N) is 1. The number of anilines is 2. The van der Waals surface area contributed by atoms with Crippen LogP contribution >= 0.6 is 0 Å². The molecule has 0 spiro atoms. The Morgan fingerprint density at radius 2 is 1.72 bits per heavy atom. The van der Waals surface area contributed by atoms with Crippen molar-refractivity contribution in [3.8, 4) is 0 Å². The van der Waals surface area contributed by atoms with Crippen molar-refractivity contribution in [2.24, 2.45) is 5.73 Å². The molecular weight excluding hydrogens is 433 g/mol. The molecule has 1 aliphatic heterocycles. The Kier molecular flexibility index (Phi) is 5.67. The van der Waals surface area contributed by atoms with Gasteiger partial charge in [0.1, 0.15) is 11.9 Å². The van der Waals surface area contributed by atoms with Gasteiger partial charge in [0.05, 0.1) is 16.3 Å². The number of rotatable bonds is 5. The standard InChI is InChI=1S/C23H20FN3O4S/c24-18-9-2-3-10-19(18)26-23(29)21-13-12-15-6-1-4-11-20(15)27(21)32(30,31)17-8-5-7-16(14-17)22(25)28/h1-11,14,21H,12-13H2,(H2,25,28)(H,26,29). The number of hydrogen-bond acceptors (Lipinski definition) is 4. The third-order valence-corrected chi connectivity index (χ3v) is 7.13. The van der Waals surface area contributed by atoms with E-state index in [4.69, 9.17) is 5.73 Å². The van der Waals surface area contributed by atoms with Crippen LogP contribution in [0.15, 0.2) is 77.7 Å². The molecule has 0 fully saturated rings. The first-order chi connectivity index (χ1) is 15.3. The van der Waals surface area contributed by atoms with Crippen LogP contribution in [-0.2, 0) is 21.2 Å². The lowest BCUT2D eigenvalue weighted by atomic mass is 9.97. The van der Waals surface area contributed by atoms with E-state index in [9.17, 15) is 22.4 Å². The van der Waals surface area contributed by atoms with E-state index in [1.807, 2.05) is 0 Å². The molecule has 1 unspecified atom stereocenters. The second-order valence-electron chi connectivity index (χ2n) is 7.35. The molecule has 0 saturated carbocycles. The zero-order chi connectivity index (χ0) is 22.9. The molecule has 0 bridgehead atoms. The van der Waals surface area contributed by atoms with Gasteiger partial charge in [-0.15, -0.1) is 0 Å². The number of hydrogen-bond donors (Lipinski definition) is 2. The van der Waals surface area contributed by atoms with Crippen molar-refractivity contribution < 1.29 is 22.4 Å².